The highest BCUT2D eigenvalue weighted by atomic mass is 35.5. The highest BCUT2D eigenvalue weighted by Crippen LogP contribution is 2.23. The van der Waals surface area contributed by atoms with Gasteiger partial charge in [0.15, 0.2) is 0 Å². The van der Waals surface area contributed by atoms with E-state index < -0.39 is 5.97 Å². The van der Waals surface area contributed by atoms with Crippen molar-refractivity contribution in [3.05, 3.63) is 22.8 Å². The van der Waals surface area contributed by atoms with E-state index in [0.717, 1.165) is 19.4 Å². The van der Waals surface area contributed by atoms with Crippen LogP contribution in [0.25, 0.3) is 0 Å². The van der Waals surface area contributed by atoms with Gasteiger partial charge < -0.3 is 10.4 Å². The van der Waals surface area contributed by atoms with Gasteiger partial charge in [-0.15, -0.1) is 0 Å². The van der Waals surface area contributed by atoms with E-state index in [9.17, 15) is 4.79 Å². The van der Waals surface area contributed by atoms with Crippen molar-refractivity contribution in [1.82, 2.24) is 4.98 Å². The van der Waals surface area contributed by atoms with Gasteiger partial charge >= 0.3 is 5.97 Å². The van der Waals surface area contributed by atoms with E-state index in [-0.39, 0.29) is 10.6 Å². The first kappa shape index (κ1) is 13.8. The molecule has 94 valence electrons. The van der Waals surface area contributed by atoms with E-state index >= 15 is 0 Å². The second-order valence-electron chi connectivity index (χ2n) is 3.81. The number of aromatic carboxylic acids is 1. The number of hydrogen-bond donors (Lipinski definition) is 2. The molecule has 0 aliphatic rings. The van der Waals surface area contributed by atoms with Crippen molar-refractivity contribution < 1.29 is 9.90 Å². The molecular formula is C12H17ClN2O2. The summed E-state index contributed by atoms with van der Waals surface area (Å²) < 4.78 is 0. The molecule has 0 aliphatic carbocycles. The van der Waals surface area contributed by atoms with Gasteiger partial charge in [-0.25, -0.2) is 9.78 Å². The molecule has 2 N–H and O–H groups in total. The van der Waals surface area contributed by atoms with E-state index in [1.807, 2.05) is 0 Å². The van der Waals surface area contributed by atoms with Gasteiger partial charge in [0, 0.05) is 12.7 Å². The van der Waals surface area contributed by atoms with Crippen LogP contribution < -0.4 is 5.32 Å². The summed E-state index contributed by atoms with van der Waals surface area (Å²) in [5, 5.41) is 12.1. The minimum atomic E-state index is -1.04. The Kier molecular flexibility index (Phi) is 5.77. The molecule has 4 nitrogen and oxygen atoms in total. The Morgan fingerprint density at radius 1 is 1.47 bits per heavy atom. The molecule has 0 radical (unpaired) electrons. The van der Waals surface area contributed by atoms with Gasteiger partial charge in [0.1, 0.15) is 5.82 Å². The molecular weight excluding hydrogens is 240 g/mol. The molecule has 5 heteroatoms. The molecule has 0 aliphatic heterocycles. The minimum Gasteiger partial charge on any atom is -0.478 e. The Bertz CT molecular complexity index is 383. The number of nitrogens with zero attached hydrogens (tertiary/aromatic N) is 1. The SMILES string of the molecule is CCCCCCNc1nccc(C(=O)O)c1Cl. The lowest BCUT2D eigenvalue weighted by atomic mass is 10.2. The average molecular weight is 257 g/mol. The van der Waals surface area contributed by atoms with Gasteiger partial charge in [0.25, 0.3) is 0 Å². The molecule has 0 saturated carbocycles. The second kappa shape index (κ2) is 7.12. The molecule has 0 saturated heterocycles. The first-order valence-electron chi connectivity index (χ1n) is 5.78. The number of hydrogen-bond acceptors (Lipinski definition) is 3. The number of aromatic nitrogens is 1. The fourth-order valence-corrected chi connectivity index (χ4v) is 1.75. The largest absolute Gasteiger partial charge is 0.478 e. The molecule has 0 fully saturated rings. The third kappa shape index (κ3) is 4.23. The highest BCUT2D eigenvalue weighted by Gasteiger charge is 2.12. The van der Waals surface area contributed by atoms with Crippen molar-refractivity contribution in [3.8, 4) is 0 Å². The van der Waals surface area contributed by atoms with Crippen molar-refractivity contribution in [2.75, 3.05) is 11.9 Å². The van der Waals surface area contributed by atoms with Gasteiger partial charge in [-0.05, 0) is 12.5 Å². The van der Waals surface area contributed by atoms with Crippen molar-refractivity contribution >= 4 is 23.4 Å². The summed E-state index contributed by atoms with van der Waals surface area (Å²) in [6.45, 7) is 2.91. The van der Waals surface area contributed by atoms with Crippen LogP contribution in [-0.2, 0) is 0 Å². The van der Waals surface area contributed by atoms with Crippen molar-refractivity contribution in [1.29, 1.82) is 0 Å². The van der Waals surface area contributed by atoms with Crippen LogP contribution in [0.4, 0.5) is 5.82 Å². The van der Waals surface area contributed by atoms with E-state index in [2.05, 4.69) is 17.2 Å². The Hall–Kier alpha value is -1.29. The topological polar surface area (TPSA) is 62.2 Å². The molecule has 1 aromatic heterocycles. The van der Waals surface area contributed by atoms with Gasteiger partial charge in [-0.2, -0.15) is 0 Å². The zero-order valence-electron chi connectivity index (χ0n) is 9.87. The van der Waals surface area contributed by atoms with Crippen molar-refractivity contribution in [2.24, 2.45) is 0 Å². The summed E-state index contributed by atoms with van der Waals surface area (Å²) >= 11 is 5.94. The number of unbranched alkanes of at least 4 members (excludes halogenated alkanes) is 3. The molecule has 0 amide bonds. The maximum atomic E-state index is 10.8. The molecule has 1 rings (SSSR count). The third-order valence-electron chi connectivity index (χ3n) is 2.44. The summed E-state index contributed by atoms with van der Waals surface area (Å²) in [6, 6.07) is 1.40. The molecule has 0 aromatic carbocycles. The van der Waals surface area contributed by atoms with E-state index in [4.69, 9.17) is 16.7 Å². The molecule has 0 bridgehead atoms. The van der Waals surface area contributed by atoms with Crippen LogP contribution in [0, 0.1) is 0 Å². The number of rotatable bonds is 7. The smallest absolute Gasteiger partial charge is 0.337 e. The van der Waals surface area contributed by atoms with E-state index in [1.165, 1.54) is 25.1 Å². The van der Waals surface area contributed by atoms with Crippen LogP contribution in [0.2, 0.25) is 5.02 Å². The standard InChI is InChI=1S/C12H17ClN2O2/c1-2-3-4-5-7-14-11-10(13)9(12(16)17)6-8-15-11/h6,8H,2-5,7H2,1H3,(H,14,15)(H,16,17). The molecule has 0 spiro atoms. The van der Waals surface area contributed by atoms with Gasteiger partial charge in [-0.3, -0.25) is 0 Å². The van der Waals surface area contributed by atoms with E-state index in [1.54, 1.807) is 0 Å². The third-order valence-corrected chi connectivity index (χ3v) is 2.83. The summed E-state index contributed by atoms with van der Waals surface area (Å²) in [6.07, 6.45) is 6.03. The maximum Gasteiger partial charge on any atom is 0.337 e. The number of pyridine rings is 1. The zero-order chi connectivity index (χ0) is 12.7. The van der Waals surface area contributed by atoms with Crippen LogP contribution >= 0.6 is 11.6 Å². The van der Waals surface area contributed by atoms with Gasteiger partial charge in [0.2, 0.25) is 0 Å². The number of anilines is 1. The first-order chi connectivity index (χ1) is 8.16. The monoisotopic (exact) mass is 256 g/mol. The zero-order valence-corrected chi connectivity index (χ0v) is 10.6. The predicted octanol–water partition coefficient (Wildman–Crippen LogP) is 3.43. The number of carbonyl (C=O) groups is 1. The van der Waals surface area contributed by atoms with Crippen LogP contribution in [0.5, 0.6) is 0 Å². The molecule has 1 heterocycles. The van der Waals surface area contributed by atoms with Crippen LogP contribution in [-0.4, -0.2) is 22.6 Å². The van der Waals surface area contributed by atoms with Gasteiger partial charge in [0.05, 0.1) is 10.6 Å². The second-order valence-corrected chi connectivity index (χ2v) is 4.19. The van der Waals surface area contributed by atoms with E-state index in [0.29, 0.717) is 5.82 Å². The average Bonchev–Trinajstić information content (AvgIpc) is 2.30. The van der Waals surface area contributed by atoms with Crippen molar-refractivity contribution in [3.63, 3.8) is 0 Å². The van der Waals surface area contributed by atoms with Crippen LogP contribution in [0.1, 0.15) is 43.0 Å². The molecule has 1 aromatic rings. The molecule has 17 heavy (non-hydrogen) atoms. The summed E-state index contributed by atoms with van der Waals surface area (Å²) in [5.41, 5.74) is 0.0812. The summed E-state index contributed by atoms with van der Waals surface area (Å²) in [7, 11) is 0. The Labute approximate surface area is 106 Å². The predicted molar refractivity (Wildman–Crippen MR) is 68.8 cm³/mol. The summed E-state index contributed by atoms with van der Waals surface area (Å²) in [4.78, 5) is 14.9. The number of carboxylic acids is 1. The lowest BCUT2D eigenvalue weighted by molar-refractivity contribution is 0.0697. The van der Waals surface area contributed by atoms with Crippen LogP contribution in [0.15, 0.2) is 12.3 Å². The Morgan fingerprint density at radius 3 is 2.88 bits per heavy atom. The Morgan fingerprint density at radius 2 is 2.24 bits per heavy atom. The van der Waals surface area contributed by atoms with Crippen LogP contribution in [0.3, 0.4) is 0 Å². The van der Waals surface area contributed by atoms with Gasteiger partial charge in [-0.1, -0.05) is 37.8 Å². The number of nitrogens with one attached hydrogen (secondary N) is 1. The normalized spacial score (nSPS) is 10.2. The molecule has 0 unspecified atom stereocenters. The lowest BCUT2D eigenvalue weighted by Gasteiger charge is -2.08. The minimum absolute atomic E-state index is 0.0812. The fraction of sp³-hybridized carbons (Fsp3) is 0.500. The quantitative estimate of drug-likeness (QED) is 0.734. The fourth-order valence-electron chi connectivity index (χ4n) is 1.49. The molecule has 0 atom stereocenters. The Balaban J connectivity index is 2.54. The highest BCUT2D eigenvalue weighted by molar-refractivity contribution is 6.35. The number of halogens is 1. The maximum absolute atomic E-state index is 10.8. The summed E-state index contributed by atoms with van der Waals surface area (Å²) in [5.74, 6) is -0.588. The lowest BCUT2D eigenvalue weighted by Crippen LogP contribution is -2.06. The number of carboxylic acid groups (broad SMARTS) is 1. The van der Waals surface area contributed by atoms with Crippen molar-refractivity contribution in [2.45, 2.75) is 32.6 Å². The first-order valence-corrected chi connectivity index (χ1v) is 6.16.